The van der Waals surface area contributed by atoms with Gasteiger partial charge in [0.15, 0.2) is 0 Å². The smallest absolute Gasteiger partial charge is 0.260 e. The minimum Gasteiger partial charge on any atom is -0.369 e. The number of benzene rings is 2. The second-order valence-corrected chi connectivity index (χ2v) is 10.3. The van der Waals surface area contributed by atoms with Crippen LogP contribution in [-0.4, -0.2) is 57.6 Å². The molecule has 5 aromatic rings. The van der Waals surface area contributed by atoms with Gasteiger partial charge in [0.25, 0.3) is 5.56 Å². The molecule has 0 aliphatic carbocycles. The number of anilines is 3. The van der Waals surface area contributed by atoms with Gasteiger partial charge in [0.05, 0.1) is 0 Å². The standard InChI is InChI=1S/C32H33N7O/c1-4-39-30-25(19-29(31(39)40)28-12-7-23(18-22(28)2)24-6-5-13-33-20-24)21-34-32(36-30)35-26-8-10-27(11-9-26)38-16-14-37(3)15-17-38/h5-13,18-21H,4,14-17H2,1-3H3,(H,34,35,36). The Morgan fingerprint density at radius 1 is 0.900 bits per heavy atom. The maximum absolute atomic E-state index is 13.7. The molecule has 40 heavy (non-hydrogen) atoms. The maximum atomic E-state index is 13.7. The number of nitrogens with one attached hydrogen (secondary N) is 1. The molecule has 8 heteroatoms. The Labute approximate surface area is 234 Å². The lowest BCUT2D eigenvalue weighted by molar-refractivity contribution is 0.313. The third-order valence-corrected chi connectivity index (χ3v) is 7.65. The summed E-state index contributed by atoms with van der Waals surface area (Å²) < 4.78 is 1.72. The molecule has 0 saturated carbocycles. The second kappa shape index (κ2) is 10.9. The number of hydrogen-bond acceptors (Lipinski definition) is 7. The number of aromatic nitrogens is 4. The van der Waals surface area contributed by atoms with Crippen molar-refractivity contribution < 1.29 is 0 Å². The zero-order chi connectivity index (χ0) is 27.6. The summed E-state index contributed by atoms with van der Waals surface area (Å²) in [7, 11) is 2.16. The predicted molar refractivity (Wildman–Crippen MR) is 162 cm³/mol. The van der Waals surface area contributed by atoms with Gasteiger partial charge in [0.1, 0.15) is 5.65 Å². The van der Waals surface area contributed by atoms with Crippen molar-refractivity contribution in [3.63, 3.8) is 0 Å². The molecule has 0 unspecified atom stereocenters. The van der Waals surface area contributed by atoms with Crippen molar-refractivity contribution in [2.45, 2.75) is 20.4 Å². The van der Waals surface area contributed by atoms with Crippen molar-refractivity contribution in [2.24, 2.45) is 0 Å². The third-order valence-electron chi connectivity index (χ3n) is 7.65. The summed E-state index contributed by atoms with van der Waals surface area (Å²) in [4.78, 5) is 32.0. The summed E-state index contributed by atoms with van der Waals surface area (Å²) in [6.07, 6.45) is 5.40. The van der Waals surface area contributed by atoms with E-state index in [-0.39, 0.29) is 5.56 Å². The van der Waals surface area contributed by atoms with Crippen LogP contribution in [0.2, 0.25) is 0 Å². The van der Waals surface area contributed by atoms with E-state index in [0.717, 1.165) is 59.5 Å². The van der Waals surface area contributed by atoms with Crippen molar-refractivity contribution in [3.8, 4) is 22.3 Å². The van der Waals surface area contributed by atoms with Crippen LogP contribution in [0.5, 0.6) is 0 Å². The monoisotopic (exact) mass is 531 g/mol. The Balaban J connectivity index is 1.28. The lowest BCUT2D eigenvalue weighted by Crippen LogP contribution is -2.44. The van der Waals surface area contributed by atoms with Crippen LogP contribution in [0.25, 0.3) is 33.3 Å². The molecule has 0 spiro atoms. The normalized spacial score (nSPS) is 14.0. The van der Waals surface area contributed by atoms with E-state index < -0.39 is 0 Å². The third kappa shape index (κ3) is 5.05. The zero-order valence-corrected chi connectivity index (χ0v) is 23.1. The summed E-state index contributed by atoms with van der Waals surface area (Å²) in [5.41, 5.74) is 7.38. The van der Waals surface area contributed by atoms with Gasteiger partial charge in [-0.05, 0) is 79.5 Å². The highest BCUT2D eigenvalue weighted by molar-refractivity contribution is 5.83. The summed E-state index contributed by atoms with van der Waals surface area (Å²) in [5, 5.41) is 4.13. The van der Waals surface area contributed by atoms with Crippen molar-refractivity contribution in [1.82, 2.24) is 24.4 Å². The Bertz CT molecular complexity index is 1710. The zero-order valence-electron chi connectivity index (χ0n) is 23.1. The molecule has 202 valence electrons. The van der Waals surface area contributed by atoms with Gasteiger partial charge in [-0.2, -0.15) is 4.98 Å². The summed E-state index contributed by atoms with van der Waals surface area (Å²) in [5.74, 6) is 0.464. The Morgan fingerprint density at radius 3 is 2.40 bits per heavy atom. The lowest BCUT2D eigenvalue weighted by Gasteiger charge is -2.34. The van der Waals surface area contributed by atoms with Gasteiger partial charge in [-0.15, -0.1) is 0 Å². The number of pyridine rings is 2. The van der Waals surface area contributed by atoms with Crippen molar-refractivity contribution in [3.05, 3.63) is 95.2 Å². The molecule has 1 fully saturated rings. The van der Waals surface area contributed by atoms with Gasteiger partial charge in [-0.3, -0.25) is 14.3 Å². The first kappa shape index (κ1) is 25.7. The first-order chi connectivity index (χ1) is 19.5. The highest BCUT2D eigenvalue weighted by atomic mass is 16.1. The van der Waals surface area contributed by atoms with E-state index in [2.05, 4.69) is 62.5 Å². The highest BCUT2D eigenvalue weighted by Crippen LogP contribution is 2.29. The van der Waals surface area contributed by atoms with Gasteiger partial charge in [-0.25, -0.2) is 4.98 Å². The van der Waals surface area contributed by atoms with Gasteiger partial charge in [0, 0.05) is 73.6 Å². The van der Waals surface area contributed by atoms with E-state index in [9.17, 15) is 4.79 Å². The van der Waals surface area contributed by atoms with Crippen LogP contribution in [0, 0.1) is 6.92 Å². The minimum atomic E-state index is -0.0617. The molecule has 6 rings (SSSR count). The van der Waals surface area contributed by atoms with Gasteiger partial charge in [-0.1, -0.05) is 24.3 Å². The molecule has 0 atom stereocenters. The highest BCUT2D eigenvalue weighted by Gasteiger charge is 2.16. The van der Waals surface area contributed by atoms with Crippen LogP contribution >= 0.6 is 0 Å². The van der Waals surface area contributed by atoms with E-state index in [1.807, 2.05) is 50.4 Å². The summed E-state index contributed by atoms with van der Waals surface area (Å²) >= 11 is 0. The number of fused-ring (bicyclic) bond motifs is 1. The Hall–Kier alpha value is -4.56. The fourth-order valence-electron chi connectivity index (χ4n) is 5.33. The molecule has 2 aromatic carbocycles. The second-order valence-electron chi connectivity index (χ2n) is 10.3. The number of aryl methyl sites for hydroxylation is 2. The van der Waals surface area contributed by atoms with E-state index in [0.29, 0.717) is 23.7 Å². The molecule has 0 amide bonds. The molecule has 4 heterocycles. The predicted octanol–water partition coefficient (Wildman–Crippen LogP) is 5.34. The average Bonchev–Trinajstić information content (AvgIpc) is 2.98. The lowest BCUT2D eigenvalue weighted by atomic mass is 9.96. The molecule has 3 aromatic heterocycles. The Kier molecular flexibility index (Phi) is 7.00. The van der Waals surface area contributed by atoms with Crippen molar-refractivity contribution >= 4 is 28.4 Å². The largest absolute Gasteiger partial charge is 0.369 e. The molecule has 0 bridgehead atoms. The molecule has 1 aliphatic heterocycles. The quantitative estimate of drug-likeness (QED) is 0.317. The van der Waals surface area contributed by atoms with E-state index in [4.69, 9.17) is 4.98 Å². The van der Waals surface area contributed by atoms with Crippen LogP contribution in [-0.2, 0) is 6.54 Å². The van der Waals surface area contributed by atoms with Gasteiger partial charge < -0.3 is 15.1 Å². The van der Waals surface area contributed by atoms with Crippen LogP contribution in [0.3, 0.4) is 0 Å². The van der Waals surface area contributed by atoms with Crippen LogP contribution < -0.4 is 15.8 Å². The van der Waals surface area contributed by atoms with Gasteiger partial charge in [0.2, 0.25) is 5.95 Å². The first-order valence-electron chi connectivity index (χ1n) is 13.7. The topological polar surface area (TPSA) is 79.2 Å². The van der Waals surface area contributed by atoms with Crippen LogP contribution in [0.15, 0.2) is 84.0 Å². The van der Waals surface area contributed by atoms with E-state index in [1.54, 1.807) is 17.0 Å². The average molecular weight is 532 g/mol. The first-order valence-corrected chi connectivity index (χ1v) is 13.7. The van der Waals surface area contributed by atoms with Crippen LogP contribution in [0.4, 0.5) is 17.3 Å². The molecule has 0 radical (unpaired) electrons. The maximum Gasteiger partial charge on any atom is 0.260 e. The number of piperazine rings is 1. The molecular formula is C32H33N7O. The molecule has 1 N–H and O–H groups in total. The molecule has 8 nitrogen and oxygen atoms in total. The van der Waals surface area contributed by atoms with Crippen molar-refractivity contribution in [2.75, 3.05) is 43.4 Å². The molecule has 1 aliphatic rings. The minimum absolute atomic E-state index is 0.0617. The summed E-state index contributed by atoms with van der Waals surface area (Å²) in [6.45, 7) is 8.71. The number of hydrogen-bond donors (Lipinski definition) is 1. The van der Waals surface area contributed by atoms with Crippen molar-refractivity contribution in [1.29, 1.82) is 0 Å². The molecular weight excluding hydrogens is 498 g/mol. The SMILES string of the molecule is CCn1c(=O)c(-c2ccc(-c3cccnc3)cc2C)cc2cnc(Nc3ccc(N4CCN(C)CC4)cc3)nc21. The number of likely N-dealkylation sites (N-methyl/N-ethyl adjacent to an activating group) is 1. The van der Waals surface area contributed by atoms with Gasteiger partial charge >= 0.3 is 0 Å². The number of nitrogens with zero attached hydrogens (tertiary/aromatic N) is 6. The summed E-state index contributed by atoms with van der Waals surface area (Å²) in [6, 6.07) is 20.4. The van der Waals surface area contributed by atoms with E-state index >= 15 is 0 Å². The van der Waals surface area contributed by atoms with E-state index in [1.165, 1.54) is 5.69 Å². The fourth-order valence-corrected chi connectivity index (χ4v) is 5.33. The number of rotatable bonds is 6. The Morgan fingerprint density at radius 2 is 1.70 bits per heavy atom. The van der Waals surface area contributed by atoms with Crippen LogP contribution in [0.1, 0.15) is 12.5 Å². The fraction of sp³-hybridized carbons (Fsp3) is 0.250. The molecule has 1 saturated heterocycles.